The minimum Gasteiger partial charge on any atom is -0.468 e. The monoisotopic (exact) mass is 479 g/mol. The normalized spacial score (nSPS) is 14.1. The van der Waals surface area contributed by atoms with Gasteiger partial charge in [-0.1, -0.05) is 20.8 Å². The summed E-state index contributed by atoms with van der Waals surface area (Å²) in [5.41, 5.74) is 0. The fourth-order valence-electron chi connectivity index (χ4n) is 1.43. The Bertz CT molecular complexity index is 665. The summed E-state index contributed by atoms with van der Waals surface area (Å²) in [6.07, 6.45) is -6.88. The zero-order valence-electron chi connectivity index (χ0n) is 15.9. The van der Waals surface area contributed by atoms with Gasteiger partial charge in [-0.25, -0.2) is 0 Å². The molecule has 0 amide bonds. The first kappa shape index (κ1) is 28.2. The quantitative estimate of drug-likeness (QED) is 0.244. The summed E-state index contributed by atoms with van der Waals surface area (Å²) in [6, 6.07) is 0.938. The number of alkyl halides is 9. The summed E-state index contributed by atoms with van der Waals surface area (Å²) in [5, 5.41) is -2.80. The molecular weight excluding hydrogens is 461 g/mol. The van der Waals surface area contributed by atoms with Crippen molar-refractivity contribution in [2.75, 3.05) is 6.61 Å². The largest absolute Gasteiger partial charge is 0.468 e. The maximum atomic E-state index is 13.3. The van der Waals surface area contributed by atoms with Gasteiger partial charge >= 0.3 is 23.3 Å². The van der Waals surface area contributed by atoms with Gasteiger partial charge in [0.25, 0.3) is 12.4 Å². The summed E-state index contributed by atoms with van der Waals surface area (Å²) in [7, 11) is 0. The first-order valence-electron chi connectivity index (χ1n) is 8.03. The van der Waals surface area contributed by atoms with Crippen molar-refractivity contribution in [3.8, 4) is 5.88 Å². The zero-order valence-corrected chi connectivity index (χ0v) is 16.7. The van der Waals surface area contributed by atoms with Crippen LogP contribution in [0.5, 0.6) is 5.88 Å². The van der Waals surface area contributed by atoms with Gasteiger partial charge in [0.1, 0.15) is 17.8 Å². The van der Waals surface area contributed by atoms with Gasteiger partial charge in [-0.15, -0.1) is 0 Å². The molecule has 0 N–H and O–H groups in total. The second kappa shape index (κ2) is 10.5. The SMILES string of the molecule is CC(C)C(C)c1cc(OSC(F)(F)C(F)(F)C(F)(F)C(F)(F)F)no1.CCOC=O. The molecule has 0 aliphatic rings. The third-order valence-electron chi connectivity index (χ3n) is 3.54. The van der Waals surface area contributed by atoms with E-state index in [-0.39, 0.29) is 17.6 Å². The third kappa shape index (κ3) is 6.60. The smallest absolute Gasteiger partial charge is 0.460 e. The molecule has 1 atom stereocenters. The molecule has 0 radical (unpaired) electrons. The lowest BCUT2D eigenvalue weighted by atomic mass is 9.96. The molecule has 1 aromatic rings. The maximum absolute atomic E-state index is 13.3. The summed E-state index contributed by atoms with van der Waals surface area (Å²) < 4.78 is 127. The van der Waals surface area contributed by atoms with Crippen LogP contribution in [0, 0.1) is 5.92 Å². The molecular formula is C15H18F9NO4S. The third-order valence-corrected chi connectivity index (χ3v) is 4.26. The van der Waals surface area contributed by atoms with Crippen LogP contribution in [0.3, 0.4) is 0 Å². The lowest BCUT2D eigenvalue weighted by Crippen LogP contribution is -2.59. The van der Waals surface area contributed by atoms with Gasteiger partial charge in [0, 0.05) is 12.0 Å². The number of carbonyl (C=O) groups is 1. The van der Waals surface area contributed by atoms with E-state index < -0.39 is 41.2 Å². The number of aromatic nitrogens is 1. The topological polar surface area (TPSA) is 61.6 Å². The second-order valence-corrected chi connectivity index (χ2v) is 6.83. The highest BCUT2D eigenvalue weighted by Gasteiger charge is 2.82. The first-order valence-corrected chi connectivity index (χ1v) is 8.78. The van der Waals surface area contributed by atoms with Crippen molar-refractivity contribution in [3.63, 3.8) is 0 Å². The Balaban J connectivity index is 0.00000150. The average Bonchev–Trinajstić information content (AvgIpc) is 3.08. The number of nitrogens with zero attached hydrogens (tertiary/aromatic N) is 1. The molecule has 1 rings (SSSR count). The minimum atomic E-state index is -6.97. The van der Waals surface area contributed by atoms with Crippen molar-refractivity contribution < 1.29 is 57.8 Å². The predicted molar refractivity (Wildman–Crippen MR) is 86.6 cm³/mol. The van der Waals surface area contributed by atoms with E-state index in [0.29, 0.717) is 13.1 Å². The van der Waals surface area contributed by atoms with Gasteiger partial charge in [-0.2, -0.15) is 39.5 Å². The molecule has 176 valence electrons. The number of hydrogen-bond donors (Lipinski definition) is 0. The molecule has 1 heterocycles. The molecule has 0 bridgehead atoms. The van der Waals surface area contributed by atoms with E-state index in [2.05, 4.69) is 14.1 Å². The van der Waals surface area contributed by atoms with Gasteiger partial charge in [-0.3, -0.25) is 4.79 Å². The molecule has 0 fully saturated rings. The highest BCUT2D eigenvalue weighted by molar-refractivity contribution is 7.96. The van der Waals surface area contributed by atoms with Crippen LogP contribution in [0.1, 0.15) is 39.4 Å². The number of carbonyl (C=O) groups excluding carboxylic acids is 1. The molecule has 0 aromatic carbocycles. The lowest BCUT2D eigenvalue weighted by Gasteiger charge is -2.32. The summed E-state index contributed by atoms with van der Waals surface area (Å²) in [4.78, 5) is 9.18. The van der Waals surface area contributed by atoms with Gasteiger partial charge in [-0.05, 0) is 18.0 Å². The fraction of sp³-hybridized carbons (Fsp3) is 0.733. The van der Waals surface area contributed by atoms with Crippen molar-refractivity contribution >= 4 is 18.5 Å². The molecule has 30 heavy (non-hydrogen) atoms. The van der Waals surface area contributed by atoms with E-state index in [1.54, 1.807) is 27.7 Å². The number of rotatable bonds is 9. The van der Waals surface area contributed by atoms with Crippen molar-refractivity contribution in [3.05, 3.63) is 11.8 Å². The van der Waals surface area contributed by atoms with Gasteiger partial charge < -0.3 is 13.4 Å². The Morgan fingerprint density at radius 2 is 1.60 bits per heavy atom. The molecule has 0 saturated heterocycles. The molecule has 5 nitrogen and oxygen atoms in total. The van der Waals surface area contributed by atoms with Crippen molar-refractivity contribution in [2.45, 2.75) is 56.9 Å². The Labute approximate surface area is 169 Å². The van der Waals surface area contributed by atoms with Gasteiger partial charge in [0.05, 0.1) is 6.61 Å². The Hall–Kier alpha value is -1.80. The van der Waals surface area contributed by atoms with E-state index >= 15 is 0 Å². The predicted octanol–water partition coefficient (Wildman–Crippen LogP) is 6.07. The van der Waals surface area contributed by atoms with Crippen LogP contribution in [-0.4, -0.2) is 41.5 Å². The minimum absolute atomic E-state index is 0.0182. The molecule has 0 saturated carbocycles. The van der Waals surface area contributed by atoms with Crippen LogP contribution in [0.4, 0.5) is 39.5 Å². The summed E-state index contributed by atoms with van der Waals surface area (Å²) >= 11 is -1.57. The van der Waals surface area contributed by atoms with Crippen LogP contribution in [0.15, 0.2) is 10.6 Å². The van der Waals surface area contributed by atoms with Crippen molar-refractivity contribution in [2.24, 2.45) is 5.92 Å². The van der Waals surface area contributed by atoms with Crippen LogP contribution in [0.2, 0.25) is 0 Å². The maximum Gasteiger partial charge on any atom is 0.460 e. The highest BCUT2D eigenvalue weighted by atomic mass is 32.2. The van der Waals surface area contributed by atoms with Gasteiger partial charge in [0.2, 0.25) is 0 Å². The summed E-state index contributed by atoms with van der Waals surface area (Å²) in [5.74, 6) is -14.6. The van der Waals surface area contributed by atoms with E-state index in [1.807, 2.05) is 0 Å². The Morgan fingerprint density at radius 3 is 1.97 bits per heavy atom. The van der Waals surface area contributed by atoms with Gasteiger partial charge in [0.15, 0.2) is 0 Å². The molecule has 1 aromatic heterocycles. The molecule has 0 aliphatic carbocycles. The number of hydrogen-bond acceptors (Lipinski definition) is 6. The van der Waals surface area contributed by atoms with E-state index in [9.17, 15) is 44.3 Å². The second-order valence-electron chi connectivity index (χ2n) is 5.98. The van der Waals surface area contributed by atoms with Crippen LogP contribution in [0.25, 0.3) is 0 Å². The van der Waals surface area contributed by atoms with Crippen molar-refractivity contribution in [1.29, 1.82) is 0 Å². The fourth-order valence-corrected chi connectivity index (χ4v) is 1.93. The first-order chi connectivity index (χ1) is 13.5. The zero-order chi connectivity index (χ0) is 24.0. The standard InChI is InChI=1S/C12H12F9NO2S.C3H6O2/c1-5(2)6(3)7-4-8(22-23-7)24-25-12(20,21)10(15,16)9(13,14)11(17,18)19;1-2-5-3-4/h4-6H,1-3H3;3H,2H2,1H3. The lowest BCUT2D eigenvalue weighted by molar-refractivity contribution is -0.381. The molecule has 0 spiro atoms. The van der Waals surface area contributed by atoms with E-state index in [4.69, 9.17) is 4.52 Å². The molecule has 1 unspecified atom stereocenters. The van der Waals surface area contributed by atoms with Crippen LogP contribution in [-0.2, 0) is 9.53 Å². The molecule has 0 aliphatic heterocycles. The van der Waals surface area contributed by atoms with E-state index in [0.717, 1.165) is 6.07 Å². The van der Waals surface area contributed by atoms with Crippen LogP contribution < -0.4 is 4.18 Å². The highest BCUT2D eigenvalue weighted by Crippen LogP contribution is 2.56. The average molecular weight is 479 g/mol. The van der Waals surface area contributed by atoms with E-state index in [1.165, 1.54) is 0 Å². The number of halogens is 9. The number of ether oxygens (including phenoxy) is 1. The summed E-state index contributed by atoms with van der Waals surface area (Å²) in [6.45, 7) is 7.87. The molecule has 15 heteroatoms. The Kier molecular flexibility index (Phi) is 9.86. The van der Waals surface area contributed by atoms with Crippen molar-refractivity contribution in [1.82, 2.24) is 5.16 Å². The Morgan fingerprint density at radius 1 is 1.07 bits per heavy atom. The van der Waals surface area contributed by atoms with Crippen LogP contribution >= 0.6 is 12.0 Å².